The molecule has 0 aliphatic carbocycles. The second kappa shape index (κ2) is 11.5. The molecule has 0 saturated heterocycles. The molecule has 0 aliphatic rings. The predicted molar refractivity (Wildman–Crippen MR) is 128 cm³/mol. The summed E-state index contributed by atoms with van der Waals surface area (Å²) in [5.74, 6) is 0.530. The van der Waals surface area contributed by atoms with Crippen LogP contribution in [0.15, 0.2) is 77.7 Å². The molecular weight excluding hydrogens is 471 g/mol. The molecule has 0 aromatic heterocycles. The number of aliphatic hydroxyl groups is 1. The van der Waals surface area contributed by atoms with Gasteiger partial charge < -0.3 is 15.2 Å². The summed E-state index contributed by atoms with van der Waals surface area (Å²) in [7, 11) is -3.64. The Morgan fingerprint density at radius 3 is 2.34 bits per heavy atom. The second-order valence-corrected chi connectivity index (χ2v) is 9.61. The number of sulfonamides is 1. The summed E-state index contributed by atoms with van der Waals surface area (Å²) in [6, 6.07) is 20.2. The van der Waals surface area contributed by atoms with Crippen LogP contribution in [0, 0.1) is 0 Å². The van der Waals surface area contributed by atoms with Gasteiger partial charge in [0.05, 0.1) is 14.9 Å². The van der Waals surface area contributed by atoms with Gasteiger partial charge in [0.15, 0.2) is 0 Å². The van der Waals surface area contributed by atoms with Crippen molar-refractivity contribution in [1.82, 2.24) is 5.32 Å². The van der Waals surface area contributed by atoms with E-state index in [2.05, 4.69) is 10.0 Å². The number of benzene rings is 3. The van der Waals surface area contributed by atoms with Crippen LogP contribution >= 0.6 is 23.2 Å². The number of nitrogens with one attached hydrogen (secondary N) is 2. The van der Waals surface area contributed by atoms with Crippen LogP contribution in [0.1, 0.15) is 5.56 Å². The molecule has 0 aliphatic heterocycles. The first kappa shape index (κ1) is 24.4. The first-order chi connectivity index (χ1) is 15.3. The fraction of sp³-hybridized carbons (Fsp3) is 0.217. The lowest BCUT2D eigenvalue weighted by Gasteiger charge is -2.14. The molecule has 0 fully saturated rings. The fourth-order valence-corrected chi connectivity index (χ4v) is 4.28. The molecule has 0 amide bonds. The monoisotopic (exact) mass is 494 g/mol. The van der Waals surface area contributed by atoms with E-state index in [4.69, 9.17) is 27.9 Å². The highest BCUT2D eigenvalue weighted by atomic mass is 35.5. The van der Waals surface area contributed by atoms with Gasteiger partial charge in [0, 0.05) is 12.2 Å². The summed E-state index contributed by atoms with van der Waals surface area (Å²) < 4.78 is 32.8. The quantitative estimate of drug-likeness (QED) is 0.344. The average Bonchev–Trinajstić information content (AvgIpc) is 2.79. The Balaban J connectivity index is 1.39. The van der Waals surface area contributed by atoms with Gasteiger partial charge in [0.2, 0.25) is 0 Å². The zero-order valence-electron chi connectivity index (χ0n) is 17.2. The first-order valence-corrected chi connectivity index (χ1v) is 12.2. The third kappa shape index (κ3) is 7.39. The largest absolute Gasteiger partial charge is 0.491 e. The van der Waals surface area contributed by atoms with Gasteiger partial charge in [-0.3, -0.25) is 4.72 Å². The van der Waals surface area contributed by atoms with Gasteiger partial charge in [-0.15, -0.1) is 0 Å². The molecule has 0 saturated carbocycles. The van der Waals surface area contributed by atoms with E-state index < -0.39 is 16.1 Å². The van der Waals surface area contributed by atoms with Crippen LogP contribution in [0.2, 0.25) is 10.0 Å². The van der Waals surface area contributed by atoms with Crippen LogP contribution in [-0.2, 0) is 16.4 Å². The summed E-state index contributed by atoms with van der Waals surface area (Å²) in [6.45, 7) is 1.15. The van der Waals surface area contributed by atoms with Crippen molar-refractivity contribution < 1.29 is 18.3 Å². The van der Waals surface area contributed by atoms with E-state index in [1.807, 2.05) is 12.1 Å². The minimum atomic E-state index is -3.64. The van der Waals surface area contributed by atoms with Crippen LogP contribution in [-0.4, -0.2) is 39.3 Å². The average molecular weight is 495 g/mol. The number of ether oxygens (including phenoxy) is 1. The first-order valence-electron chi connectivity index (χ1n) is 9.97. The number of aliphatic hydroxyl groups excluding tert-OH is 1. The van der Waals surface area contributed by atoms with Crippen molar-refractivity contribution in [2.75, 3.05) is 24.4 Å². The van der Waals surface area contributed by atoms with Gasteiger partial charge in [-0.05, 0) is 67.1 Å². The van der Waals surface area contributed by atoms with E-state index >= 15 is 0 Å². The standard InChI is InChI=1S/C23H24Cl2N2O4S/c24-22-11-6-17(14-23(22)25)12-13-26-15-19(28)16-31-20-9-7-18(8-10-20)27-32(29,30)21-4-2-1-3-5-21/h1-11,14,19,26-28H,12-13,15-16H2/t19-/m1/s1. The normalized spacial score (nSPS) is 12.3. The van der Waals surface area contributed by atoms with E-state index in [-0.39, 0.29) is 11.5 Å². The number of hydrogen-bond acceptors (Lipinski definition) is 5. The van der Waals surface area contributed by atoms with Gasteiger partial charge in [-0.25, -0.2) is 8.42 Å². The van der Waals surface area contributed by atoms with Crippen molar-refractivity contribution in [3.05, 3.63) is 88.4 Å². The van der Waals surface area contributed by atoms with Crippen LogP contribution < -0.4 is 14.8 Å². The maximum Gasteiger partial charge on any atom is 0.261 e. The van der Waals surface area contributed by atoms with Crippen LogP contribution in [0.5, 0.6) is 5.75 Å². The second-order valence-electron chi connectivity index (χ2n) is 7.11. The van der Waals surface area contributed by atoms with E-state index in [9.17, 15) is 13.5 Å². The highest BCUT2D eigenvalue weighted by Gasteiger charge is 2.13. The lowest BCUT2D eigenvalue weighted by molar-refractivity contribution is 0.106. The third-order valence-electron chi connectivity index (χ3n) is 4.56. The SMILES string of the molecule is O=S(=O)(Nc1ccc(OC[C@H](O)CNCCc2ccc(Cl)c(Cl)c2)cc1)c1ccccc1. The summed E-state index contributed by atoms with van der Waals surface area (Å²) in [5, 5.41) is 14.3. The van der Waals surface area contributed by atoms with E-state index in [1.165, 1.54) is 12.1 Å². The van der Waals surface area contributed by atoms with Crippen molar-refractivity contribution in [3.63, 3.8) is 0 Å². The molecule has 0 unspecified atom stereocenters. The Morgan fingerprint density at radius 2 is 1.66 bits per heavy atom. The molecule has 0 bridgehead atoms. The summed E-state index contributed by atoms with van der Waals surface area (Å²) in [6.07, 6.45) is 0.0604. The molecule has 3 N–H and O–H groups in total. The van der Waals surface area contributed by atoms with Gasteiger partial charge in [0.25, 0.3) is 10.0 Å². The molecule has 32 heavy (non-hydrogen) atoms. The lowest BCUT2D eigenvalue weighted by Crippen LogP contribution is -2.32. The van der Waals surface area contributed by atoms with E-state index in [0.29, 0.717) is 34.6 Å². The summed E-state index contributed by atoms with van der Waals surface area (Å²) in [4.78, 5) is 0.190. The number of rotatable bonds is 11. The van der Waals surface area contributed by atoms with Crippen molar-refractivity contribution >= 4 is 38.9 Å². The smallest absolute Gasteiger partial charge is 0.261 e. The van der Waals surface area contributed by atoms with Crippen LogP contribution in [0.25, 0.3) is 0 Å². The molecule has 1 atom stereocenters. The molecule has 6 nitrogen and oxygen atoms in total. The van der Waals surface area contributed by atoms with Gasteiger partial charge >= 0.3 is 0 Å². The highest BCUT2D eigenvalue weighted by Crippen LogP contribution is 2.22. The maximum atomic E-state index is 12.4. The maximum absolute atomic E-state index is 12.4. The Morgan fingerprint density at radius 1 is 0.938 bits per heavy atom. The van der Waals surface area contributed by atoms with Crippen LogP contribution in [0.3, 0.4) is 0 Å². The molecule has 170 valence electrons. The molecule has 0 heterocycles. The highest BCUT2D eigenvalue weighted by molar-refractivity contribution is 7.92. The molecular formula is C23H24Cl2N2O4S. The Labute approximate surface area is 198 Å². The molecule has 3 aromatic rings. The minimum Gasteiger partial charge on any atom is -0.491 e. The van der Waals surface area contributed by atoms with Gasteiger partial charge in [0.1, 0.15) is 18.5 Å². The summed E-state index contributed by atoms with van der Waals surface area (Å²) >= 11 is 11.9. The summed E-state index contributed by atoms with van der Waals surface area (Å²) in [5.41, 5.74) is 1.48. The number of anilines is 1. The molecule has 0 radical (unpaired) electrons. The predicted octanol–water partition coefficient (Wildman–Crippen LogP) is 4.37. The van der Waals surface area contributed by atoms with Crippen molar-refractivity contribution in [2.45, 2.75) is 17.4 Å². The van der Waals surface area contributed by atoms with Crippen molar-refractivity contribution in [1.29, 1.82) is 0 Å². The lowest BCUT2D eigenvalue weighted by atomic mass is 10.1. The number of hydrogen-bond donors (Lipinski definition) is 3. The van der Waals surface area contributed by atoms with E-state index in [0.717, 1.165) is 12.0 Å². The Bertz CT molecular complexity index is 1110. The molecule has 0 spiro atoms. The third-order valence-corrected chi connectivity index (χ3v) is 6.69. The number of halogens is 2. The Kier molecular flexibility index (Phi) is 8.78. The minimum absolute atomic E-state index is 0.106. The van der Waals surface area contributed by atoms with Gasteiger partial charge in [-0.2, -0.15) is 0 Å². The Hall–Kier alpha value is -2.29. The molecule has 3 aromatic carbocycles. The fourth-order valence-electron chi connectivity index (χ4n) is 2.88. The zero-order valence-corrected chi connectivity index (χ0v) is 19.5. The van der Waals surface area contributed by atoms with Crippen molar-refractivity contribution in [3.8, 4) is 5.75 Å². The topological polar surface area (TPSA) is 87.7 Å². The van der Waals surface area contributed by atoms with E-state index in [1.54, 1.807) is 48.5 Å². The van der Waals surface area contributed by atoms with Gasteiger partial charge in [-0.1, -0.05) is 47.5 Å². The molecule has 3 rings (SSSR count). The van der Waals surface area contributed by atoms with Crippen LogP contribution in [0.4, 0.5) is 5.69 Å². The molecule has 9 heteroatoms. The van der Waals surface area contributed by atoms with Crippen molar-refractivity contribution in [2.24, 2.45) is 0 Å². The zero-order chi connectivity index (χ0) is 23.0.